The summed E-state index contributed by atoms with van der Waals surface area (Å²) < 4.78 is 39.9. The lowest BCUT2D eigenvalue weighted by atomic mass is 9.95. The van der Waals surface area contributed by atoms with Crippen LogP contribution < -0.4 is 5.73 Å². The molecule has 0 unspecified atom stereocenters. The number of thiocarbonyl (C=S) groups is 1. The number of hydrogen-bond donors (Lipinski definition) is 2. The topological polar surface area (TPSA) is 83.6 Å². The highest BCUT2D eigenvalue weighted by atomic mass is 32.2. The fraction of sp³-hybridized carbons (Fsp3) is 0.462. The molecule has 5 nitrogen and oxygen atoms in total. The van der Waals surface area contributed by atoms with Crippen LogP contribution in [0.2, 0.25) is 0 Å². The van der Waals surface area contributed by atoms with Crippen LogP contribution in [0.4, 0.5) is 4.39 Å². The summed E-state index contributed by atoms with van der Waals surface area (Å²) in [6, 6.07) is 3.39. The number of halogens is 1. The molecule has 1 fully saturated rings. The Hall–Kier alpha value is -1.09. The van der Waals surface area contributed by atoms with Crippen LogP contribution in [-0.4, -0.2) is 41.5 Å². The summed E-state index contributed by atoms with van der Waals surface area (Å²) in [5.41, 5.74) is 4.45. The van der Waals surface area contributed by atoms with E-state index in [0.717, 1.165) is 12.1 Å². The number of benzene rings is 1. The molecule has 3 N–H and O–H groups in total. The summed E-state index contributed by atoms with van der Waals surface area (Å²) in [5, 5.41) is 9.88. The lowest BCUT2D eigenvalue weighted by molar-refractivity contribution is 0.0126. The van der Waals surface area contributed by atoms with Crippen LogP contribution in [-0.2, 0) is 10.0 Å². The molecule has 0 bridgehead atoms. The maximum absolute atomic E-state index is 13.5. The third-order valence-electron chi connectivity index (χ3n) is 3.64. The van der Waals surface area contributed by atoms with Gasteiger partial charge in [-0.15, -0.1) is 0 Å². The van der Waals surface area contributed by atoms with Crippen molar-refractivity contribution in [1.29, 1.82) is 0 Å². The number of piperidine rings is 1. The Morgan fingerprint density at radius 3 is 2.52 bits per heavy atom. The monoisotopic (exact) mass is 332 g/mol. The van der Waals surface area contributed by atoms with Gasteiger partial charge in [-0.3, -0.25) is 0 Å². The van der Waals surface area contributed by atoms with Gasteiger partial charge in [0, 0.05) is 18.7 Å². The van der Waals surface area contributed by atoms with E-state index < -0.39 is 21.4 Å². The fourth-order valence-electron chi connectivity index (χ4n) is 2.21. The van der Waals surface area contributed by atoms with Crippen molar-refractivity contribution in [1.82, 2.24) is 4.31 Å². The van der Waals surface area contributed by atoms with E-state index in [9.17, 15) is 17.9 Å². The summed E-state index contributed by atoms with van der Waals surface area (Å²) in [6.07, 6.45) is 0.713. The first-order chi connectivity index (χ1) is 9.63. The second-order valence-corrected chi connectivity index (χ2v) is 7.78. The van der Waals surface area contributed by atoms with Gasteiger partial charge in [0.05, 0.1) is 10.5 Å². The van der Waals surface area contributed by atoms with E-state index in [1.54, 1.807) is 6.92 Å². The van der Waals surface area contributed by atoms with Gasteiger partial charge in [-0.1, -0.05) is 12.2 Å². The summed E-state index contributed by atoms with van der Waals surface area (Å²) in [5.74, 6) is -0.650. The van der Waals surface area contributed by atoms with E-state index >= 15 is 0 Å². The van der Waals surface area contributed by atoms with Gasteiger partial charge in [-0.05, 0) is 38.0 Å². The maximum atomic E-state index is 13.5. The molecular formula is C13H17FN2O3S2. The van der Waals surface area contributed by atoms with E-state index in [0.29, 0.717) is 12.8 Å². The third-order valence-corrected chi connectivity index (χ3v) is 5.76. The smallest absolute Gasteiger partial charge is 0.243 e. The number of nitrogens with two attached hydrogens (primary N) is 1. The molecular weight excluding hydrogens is 315 g/mol. The average molecular weight is 332 g/mol. The quantitative estimate of drug-likeness (QED) is 0.807. The number of nitrogens with zero attached hydrogens (tertiary/aromatic N) is 1. The fourth-order valence-corrected chi connectivity index (χ4v) is 3.84. The molecule has 1 aromatic rings. The summed E-state index contributed by atoms with van der Waals surface area (Å²) in [7, 11) is -3.74. The van der Waals surface area contributed by atoms with Crippen LogP contribution in [0, 0.1) is 5.82 Å². The second kappa shape index (κ2) is 5.60. The van der Waals surface area contributed by atoms with Crippen molar-refractivity contribution >= 4 is 27.2 Å². The molecule has 0 saturated carbocycles. The molecule has 0 radical (unpaired) electrons. The normalized spacial score (nSPS) is 19.4. The summed E-state index contributed by atoms with van der Waals surface area (Å²) in [4.78, 5) is -0.237. The van der Waals surface area contributed by atoms with Gasteiger partial charge in [0.1, 0.15) is 10.8 Å². The van der Waals surface area contributed by atoms with Crippen LogP contribution in [0.5, 0.6) is 0 Å². The van der Waals surface area contributed by atoms with Crippen molar-refractivity contribution < 1.29 is 17.9 Å². The van der Waals surface area contributed by atoms with E-state index in [4.69, 9.17) is 18.0 Å². The molecule has 8 heteroatoms. The van der Waals surface area contributed by atoms with Gasteiger partial charge in [0.2, 0.25) is 10.0 Å². The molecule has 0 aromatic heterocycles. The largest absolute Gasteiger partial charge is 0.390 e. The third kappa shape index (κ3) is 3.39. The minimum Gasteiger partial charge on any atom is -0.390 e. The number of rotatable bonds is 3. The molecule has 1 aromatic carbocycles. The lowest BCUT2D eigenvalue weighted by Crippen LogP contribution is -2.45. The maximum Gasteiger partial charge on any atom is 0.243 e. The first-order valence-electron chi connectivity index (χ1n) is 6.45. The summed E-state index contributed by atoms with van der Waals surface area (Å²) in [6.45, 7) is 2.12. The van der Waals surface area contributed by atoms with E-state index in [1.165, 1.54) is 10.4 Å². The molecule has 0 spiro atoms. The van der Waals surface area contributed by atoms with Crippen molar-refractivity contribution in [2.75, 3.05) is 13.1 Å². The number of aliphatic hydroxyl groups is 1. The van der Waals surface area contributed by atoms with E-state index in [1.807, 2.05) is 0 Å². The van der Waals surface area contributed by atoms with Crippen molar-refractivity contribution in [3.63, 3.8) is 0 Å². The minimum absolute atomic E-state index is 0.0479. The average Bonchev–Trinajstić information content (AvgIpc) is 2.38. The Kier molecular flexibility index (Phi) is 4.34. The van der Waals surface area contributed by atoms with E-state index in [2.05, 4.69) is 0 Å². The number of sulfonamides is 1. The van der Waals surface area contributed by atoms with Crippen molar-refractivity contribution in [3.05, 3.63) is 29.6 Å². The van der Waals surface area contributed by atoms with Crippen molar-refractivity contribution in [2.45, 2.75) is 30.3 Å². The van der Waals surface area contributed by atoms with Crippen molar-refractivity contribution in [3.8, 4) is 0 Å². The zero-order valence-corrected chi connectivity index (χ0v) is 13.2. The molecule has 116 valence electrons. The van der Waals surface area contributed by atoms with Gasteiger partial charge in [-0.2, -0.15) is 4.31 Å². The highest BCUT2D eigenvalue weighted by Gasteiger charge is 2.34. The molecule has 2 rings (SSSR count). The molecule has 1 heterocycles. The van der Waals surface area contributed by atoms with Crippen LogP contribution in [0.3, 0.4) is 0 Å². The molecule has 0 atom stereocenters. The molecule has 1 saturated heterocycles. The molecule has 1 aliphatic heterocycles. The Bertz CT molecular complexity index is 664. The van der Waals surface area contributed by atoms with Crippen LogP contribution >= 0.6 is 12.2 Å². The Labute approximate surface area is 128 Å². The van der Waals surface area contributed by atoms with Gasteiger partial charge in [-0.25, -0.2) is 12.8 Å². The zero-order chi connectivity index (χ0) is 15.8. The predicted molar refractivity (Wildman–Crippen MR) is 80.9 cm³/mol. The van der Waals surface area contributed by atoms with E-state index in [-0.39, 0.29) is 28.5 Å². The lowest BCUT2D eigenvalue weighted by Gasteiger charge is -2.35. The van der Waals surface area contributed by atoms with Gasteiger partial charge in [0.15, 0.2) is 0 Å². The molecule has 1 aliphatic rings. The van der Waals surface area contributed by atoms with Crippen LogP contribution in [0.15, 0.2) is 23.1 Å². The van der Waals surface area contributed by atoms with Crippen molar-refractivity contribution in [2.24, 2.45) is 5.73 Å². The van der Waals surface area contributed by atoms with Gasteiger partial charge >= 0.3 is 0 Å². The highest BCUT2D eigenvalue weighted by molar-refractivity contribution is 7.89. The first kappa shape index (κ1) is 16.3. The Balaban J connectivity index is 2.33. The Morgan fingerprint density at radius 1 is 1.43 bits per heavy atom. The summed E-state index contributed by atoms with van der Waals surface area (Å²) >= 11 is 4.71. The molecule has 0 aliphatic carbocycles. The number of hydrogen-bond acceptors (Lipinski definition) is 4. The SMILES string of the molecule is CC1(O)CCN(S(=O)(=O)c2ccc(F)c(C(N)=S)c2)CC1. The standard InChI is InChI=1S/C13H17FN2O3S2/c1-13(17)4-6-16(7-5-13)21(18,19)9-2-3-11(14)10(8-9)12(15)20/h2-3,8,17H,4-7H2,1H3,(H2,15,20). The zero-order valence-electron chi connectivity index (χ0n) is 11.5. The Morgan fingerprint density at radius 2 is 2.00 bits per heavy atom. The predicted octanol–water partition coefficient (Wildman–Crippen LogP) is 0.995. The minimum atomic E-state index is -3.74. The molecule has 21 heavy (non-hydrogen) atoms. The van der Waals surface area contributed by atoms with Crippen LogP contribution in [0.25, 0.3) is 0 Å². The van der Waals surface area contributed by atoms with Gasteiger partial charge < -0.3 is 10.8 Å². The highest BCUT2D eigenvalue weighted by Crippen LogP contribution is 2.27. The molecule has 0 amide bonds. The first-order valence-corrected chi connectivity index (χ1v) is 8.30. The second-order valence-electron chi connectivity index (χ2n) is 5.41. The van der Waals surface area contributed by atoms with Crippen LogP contribution in [0.1, 0.15) is 25.3 Å². The van der Waals surface area contributed by atoms with Gasteiger partial charge in [0.25, 0.3) is 0 Å².